The zero-order valence-corrected chi connectivity index (χ0v) is 11.8. The SMILES string of the molecule is Cc1ccc(-c2nc3c(C)cccc3s2)cc1Cl. The fourth-order valence-electron chi connectivity index (χ4n) is 1.94. The van der Waals surface area contributed by atoms with Gasteiger partial charge in [-0.1, -0.05) is 35.9 Å². The predicted molar refractivity (Wildman–Crippen MR) is 79.5 cm³/mol. The van der Waals surface area contributed by atoms with Gasteiger partial charge < -0.3 is 0 Å². The molecule has 1 heterocycles. The summed E-state index contributed by atoms with van der Waals surface area (Å²) in [4.78, 5) is 4.71. The summed E-state index contributed by atoms with van der Waals surface area (Å²) in [6.07, 6.45) is 0. The van der Waals surface area contributed by atoms with Crippen molar-refractivity contribution < 1.29 is 0 Å². The zero-order chi connectivity index (χ0) is 12.7. The van der Waals surface area contributed by atoms with Crippen LogP contribution >= 0.6 is 22.9 Å². The van der Waals surface area contributed by atoms with Gasteiger partial charge in [-0.15, -0.1) is 11.3 Å². The highest BCUT2D eigenvalue weighted by Crippen LogP contribution is 2.33. The molecule has 18 heavy (non-hydrogen) atoms. The lowest BCUT2D eigenvalue weighted by Crippen LogP contribution is -1.80. The fourth-order valence-corrected chi connectivity index (χ4v) is 3.16. The second kappa shape index (κ2) is 4.38. The molecule has 3 rings (SSSR count). The molecule has 2 aromatic carbocycles. The molecular formula is C15H12ClNS. The molecular weight excluding hydrogens is 262 g/mol. The Morgan fingerprint density at radius 1 is 1.06 bits per heavy atom. The van der Waals surface area contributed by atoms with E-state index in [-0.39, 0.29) is 0 Å². The van der Waals surface area contributed by atoms with Crippen molar-refractivity contribution in [3.8, 4) is 10.6 Å². The number of thiazole rings is 1. The number of hydrogen-bond donors (Lipinski definition) is 0. The third-order valence-corrected chi connectivity index (χ3v) is 4.52. The Kier molecular flexibility index (Phi) is 2.84. The Morgan fingerprint density at radius 2 is 1.89 bits per heavy atom. The fraction of sp³-hybridized carbons (Fsp3) is 0.133. The molecule has 0 aliphatic carbocycles. The third-order valence-electron chi connectivity index (χ3n) is 3.04. The van der Waals surface area contributed by atoms with Crippen LogP contribution in [0.5, 0.6) is 0 Å². The smallest absolute Gasteiger partial charge is 0.124 e. The van der Waals surface area contributed by atoms with Crippen molar-refractivity contribution in [3.63, 3.8) is 0 Å². The lowest BCUT2D eigenvalue weighted by Gasteiger charge is -2.00. The third kappa shape index (κ3) is 1.92. The number of benzene rings is 2. The van der Waals surface area contributed by atoms with Gasteiger partial charge in [0, 0.05) is 10.6 Å². The summed E-state index contributed by atoms with van der Waals surface area (Å²) >= 11 is 7.88. The van der Waals surface area contributed by atoms with E-state index in [0.29, 0.717) is 0 Å². The number of aromatic nitrogens is 1. The average Bonchev–Trinajstić information content (AvgIpc) is 2.78. The van der Waals surface area contributed by atoms with Gasteiger partial charge in [-0.3, -0.25) is 0 Å². The lowest BCUT2D eigenvalue weighted by atomic mass is 10.1. The van der Waals surface area contributed by atoms with E-state index in [0.717, 1.165) is 26.7 Å². The van der Waals surface area contributed by atoms with Crippen molar-refractivity contribution in [1.29, 1.82) is 0 Å². The molecule has 0 radical (unpaired) electrons. The quantitative estimate of drug-likeness (QED) is 0.591. The van der Waals surface area contributed by atoms with Gasteiger partial charge in [0.2, 0.25) is 0 Å². The van der Waals surface area contributed by atoms with Crippen LogP contribution in [-0.4, -0.2) is 4.98 Å². The Hall–Kier alpha value is -1.38. The Morgan fingerprint density at radius 3 is 2.61 bits per heavy atom. The Labute approximate surface area is 115 Å². The van der Waals surface area contributed by atoms with Gasteiger partial charge in [-0.25, -0.2) is 4.98 Å². The summed E-state index contributed by atoms with van der Waals surface area (Å²) in [5.74, 6) is 0. The van der Waals surface area contributed by atoms with E-state index in [9.17, 15) is 0 Å². The van der Waals surface area contributed by atoms with Crippen LogP contribution in [0.15, 0.2) is 36.4 Å². The van der Waals surface area contributed by atoms with Crippen LogP contribution in [0.2, 0.25) is 5.02 Å². The largest absolute Gasteiger partial charge is 0.236 e. The first kappa shape index (κ1) is 11.7. The van der Waals surface area contributed by atoms with Crippen molar-refractivity contribution in [2.45, 2.75) is 13.8 Å². The molecule has 3 heteroatoms. The molecule has 0 atom stereocenters. The summed E-state index contributed by atoms with van der Waals surface area (Å²) in [5.41, 5.74) is 4.49. The van der Waals surface area contributed by atoms with Crippen molar-refractivity contribution >= 4 is 33.2 Å². The monoisotopic (exact) mass is 273 g/mol. The number of aryl methyl sites for hydroxylation is 2. The van der Waals surface area contributed by atoms with Crippen LogP contribution < -0.4 is 0 Å². The van der Waals surface area contributed by atoms with Crippen LogP contribution in [0.3, 0.4) is 0 Å². The summed E-state index contributed by atoms with van der Waals surface area (Å²) in [5, 5.41) is 1.82. The molecule has 0 fully saturated rings. The van der Waals surface area contributed by atoms with Gasteiger partial charge in [0.05, 0.1) is 10.2 Å². The van der Waals surface area contributed by atoms with E-state index in [1.54, 1.807) is 11.3 Å². The predicted octanol–water partition coefficient (Wildman–Crippen LogP) is 5.23. The van der Waals surface area contributed by atoms with Crippen LogP contribution in [0.1, 0.15) is 11.1 Å². The molecule has 0 unspecified atom stereocenters. The Balaban J connectivity index is 2.19. The standard InChI is InChI=1S/C15H12ClNS/c1-9-6-7-11(8-12(9)16)15-17-14-10(2)4-3-5-13(14)18-15/h3-8H,1-2H3. The van der Waals surface area contributed by atoms with Crippen LogP contribution in [-0.2, 0) is 0 Å². The van der Waals surface area contributed by atoms with Gasteiger partial charge in [-0.2, -0.15) is 0 Å². The second-order valence-corrected chi connectivity index (χ2v) is 5.84. The van der Waals surface area contributed by atoms with E-state index in [2.05, 4.69) is 31.2 Å². The van der Waals surface area contributed by atoms with Gasteiger partial charge in [0.15, 0.2) is 0 Å². The van der Waals surface area contributed by atoms with Crippen molar-refractivity contribution in [2.75, 3.05) is 0 Å². The molecule has 1 aromatic heterocycles. The highest BCUT2D eigenvalue weighted by Gasteiger charge is 2.08. The van der Waals surface area contributed by atoms with E-state index >= 15 is 0 Å². The molecule has 0 amide bonds. The topological polar surface area (TPSA) is 12.9 Å². The van der Waals surface area contributed by atoms with Gasteiger partial charge in [0.1, 0.15) is 5.01 Å². The summed E-state index contributed by atoms with van der Waals surface area (Å²) in [6, 6.07) is 12.4. The van der Waals surface area contributed by atoms with Gasteiger partial charge in [0.25, 0.3) is 0 Å². The van der Waals surface area contributed by atoms with Crippen LogP contribution in [0, 0.1) is 13.8 Å². The molecule has 0 saturated heterocycles. The minimum absolute atomic E-state index is 0.795. The number of halogens is 1. The molecule has 0 aliphatic rings. The molecule has 0 saturated carbocycles. The van der Waals surface area contributed by atoms with Crippen LogP contribution in [0.4, 0.5) is 0 Å². The molecule has 0 N–H and O–H groups in total. The number of para-hydroxylation sites is 1. The molecule has 0 spiro atoms. The molecule has 0 aliphatic heterocycles. The van der Waals surface area contributed by atoms with E-state index in [1.165, 1.54) is 10.3 Å². The number of hydrogen-bond acceptors (Lipinski definition) is 2. The maximum absolute atomic E-state index is 6.17. The molecule has 0 bridgehead atoms. The Bertz CT molecular complexity index is 730. The van der Waals surface area contributed by atoms with Gasteiger partial charge in [-0.05, 0) is 37.1 Å². The molecule has 3 aromatic rings. The summed E-state index contributed by atoms with van der Waals surface area (Å²) < 4.78 is 1.22. The van der Waals surface area contributed by atoms with Crippen molar-refractivity contribution in [2.24, 2.45) is 0 Å². The first-order valence-corrected chi connectivity index (χ1v) is 6.97. The summed E-state index contributed by atoms with van der Waals surface area (Å²) in [7, 11) is 0. The van der Waals surface area contributed by atoms with Crippen molar-refractivity contribution in [3.05, 3.63) is 52.5 Å². The van der Waals surface area contributed by atoms with Gasteiger partial charge >= 0.3 is 0 Å². The minimum atomic E-state index is 0.795. The molecule has 1 nitrogen and oxygen atoms in total. The van der Waals surface area contributed by atoms with Crippen molar-refractivity contribution in [1.82, 2.24) is 4.98 Å². The minimum Gasteiger partial charge on any atom is -0.236 e. The lowest BCUT2D eigenvalue weighted by molar-refractivity contribution is 1.41. The normalized spacial score (nSPS) is 11.1. The second-order valence-electron chi connectivity index (χ2n) is 4.40. The maximum Gasteiger partial charge on any atom is 0.124 e. The number of nitrogens with zero attached hydrogens (tertiary/aromatic N) is 1. The highest BCUT2D eigenvalue weighted by molar-refractivity contribution is 7.21. The first-order chi connectivity index (χ1) is 8.65. The molecule has 90 valence electrons. The van der Waals surface area contributed by atoms with Crippen LogP contribution in [0.25, 0.3) is 20.8 Å². The van der Waals surface area contributed by atoms with E-state index < -0.39 is 0 Å². The van der Waals surface area contributed by atoms with E-state index in [1.807, 2.05) is 19.1 Å². The maximum atomic E-state index is 6.17. The first-order valence-electron chi connectivity index (χ1n) is 5.78. The number of fused-ring (bicyclic) bond motifs is 1. The zero-order valence-electron chi connectivity index (χ0n) is 10.2. The van der Waals surface area contributed by atoms with E-state index in [4.69, 9.17) is 16.6 Å². The summed E-state index contributed by atoms with van der Waals surface area (Å²) in [6.45, 7) is 4.10. The highest BCUT2D eigenvalue weighted by atomic mass is 35.5. The average molecular weight is 274 g/mol. The number of rotatable bonds is 1.